The molecule has 8 nitrogen and oxygen atoms in total. The maximum absolute atomic E-state index is 11.9. The number of nitriles is 1. The van der Waals surface area contributed by atoms with Gasteiger partial charge in [0.05, 0.1) is 17.2 Å². The van der Waals surface area contributed by atoms with Crippen molar-refractivity contribution in [1.82, 2.24) is 10.3 Å². The van der Waals surface area contributed by atoms with Gasteiger partial charge in [-0.1, -0.05) is 0 Å². The molecule has 108 valence electrons. The molecule has 0 saturated carbocycles. The topological polar surface area (TPSA) is 126 Å². The Morgan fingerprint density at radius 3 is 2.36 bits per heavy atom. The molecule has 0 radical (unpaired) electrons. The van der Waals surface area contributed by atoms with Gasteiger partial charge >= 0.3 is 5.82 Å². The van der Waals surface area contributed by atoms with Crippen molar-refractivity contribution in [2.45, 2.75) is 0 Å². The molecule has 2 aromatic rings. The van der Waals surface area contributed by atoms with Crippen LogP contribution in [0.4, 0.5) is 5.82 Å². The van der Waals surface area contributed by atoms with Gasteiger partial charge in [-0.25, -0.2) is 0 Å². The SMILES string of the molecule is N#Cc1ccc(C(=O)NC(=O)c2ccnc([N+](=O)[O-])c2)cc1. The number of benzene rings is 1. The van der Waals surface area contributed by atoms with E-state index in [4.69, 9.17) is 5.26 Å². The first-order chi connectivity index (χ1) is 10.5. The zero-order valence-electron chi connectivity index (χ0n) is 11.0. The monoisotopic (exact) mass is 296 g/mol. The number of nitrogens with one attached hydrogen (secondary N) is 1. The molecular weight excluding hydrogens is 288 g/mol. The van der Waals surface area contributed by atoms with Crippen molar-refractivity contribution in [1.29, 1.82) is 5.26 Å². The van der Waals surface area contributed by atoms with Gasteiger partial charge in [0.15, 0.2) is 0 Å². The molecule has 0 aliphatic rings. The summed E-state index contributed by atoms with van der Waals surface area (Å²) in [5.74, 6) is -1.94. The van der Waals surface area contributed by atoms with Crippen LogP contribution in [0.2, 0.25) is 0 Å². The van der Waals surface area contributed by atoms with Gasteiger partial charge in [-0.3, -0.25) is 14.9 Å². The van der Waals surface area contributed by atoms with Crippen molar-refractivity contribution in [2.24, 2.45) is 0 Å². The molecule has 0 aliphatic carbocycles. The number of hydrogen-bond acceptors (Lipinski definition) is 6. The second-order valence-corrected chi connectivity index (χ2v) is 4.13. The van der Waals surface area contributed by atoms with Crippen molar-refractivity contribution >= 4 is 17.6 Å². The summed E-state index contributed by atoms with van der Waals surface area (Å²) in [5.41, 5.74) is 0.521. The molecule has 2 amide bonds. The van der Waals surface area contributed by atoms with Crippen LogP contribution in [0.15, 0.2) is 42.6 Å². The lowest BCUT2D eigenvalue weighted by atomic mass is 10.1. The smallest absolute Gasteiger partial charge is 0.358 e. The summed E-state index contributed by atoms with van der Waals surface area (Å²) in [6.45, 7) is 0. The Balaban J connectivity index is 2.14. The summed E-state index contributed by atoms with van der Waals surface area (Å²) in [6.07, 6.45) is 1.11. The Labute approximate surface area is 124 Å². The predicted molar refractivity (Wildman–Crippen MR) is 73.8 cm³/mol. The maximum Gasteiger partial charge on any atom is 0.364 e. The van der Waals surface area contributed by atoms with Gasteiger partial charge in [0, 0.05) is 11.6 Å². The molecule has 0 aliphatic heterocycles. The van der Waals surface area contributed by atoms with E-state index in [0.29, 0.717) is 5.56 Å². The average molecular weight is 296 g/mol. The van der Waals surface area contributed by atoms with Crippen molar-refractivity contribution in [3.63, 3.8) is 0 Å². The van der Waals surface area contributed by atoms with Crippen LogP contribution in [0.1, 0.15) is 26.3 Å². The molecule has 1 aromatic carbocycles. The van der Waals surface area contributed by atoms with Crippen LogP contribution in [-0.4, -0.2) is 21.7 Å². The molecule has 0 saturated heterocycles. The summed E-state index contributed by atoms with van der Waals surface area (Å²) >= 11 is 0. The minimum absolute atomic E-state index is 0.0521. The lowest BCUT2D eigenvalue weighted by Gasteiger charge is -2.04. The van der Waals surface area contributed by atoms with E-state index in [1.54, 1.807) is 0 Å². The highest BCUT2D eigenvalue weighted by Crippen LogP contribution is 2.09. The molecule has 22 heavy (non-hydrogen) atoms. The van der Waals surface area contributed by atoms with E-state index < -0.39 is 22.6 Å². The summed E-state index contributed by atoms with van der Waals surface area (Å²) in [5, 5.41) is 21.4. The third-order valence-electron chi connectivity index (χ3n) is 2.70. The zero-order valence-corrected chi connectivity index (χ0v) is 11.0. The standard InChI is InChI=1S/C14H8N4O4/c15-8-9-1-3-10(4-2-9)13(19)17-14(20)11-5-6-16-12(7-11)18(21)22/h1-7H,(H,17,19,20). The highest BCUT2D eigenvalue weighted by Gasteiger charge is 2.16. The van der Waals surface area contributed by atoms with Crippen LogP contribution < -0.4 is 5.32 Å². The molecule has 8 heteroatoms. The van der Waals surface area contributed by atoms with E-state index >= 15 is 0 Å². The van der Waals surface area contributed by atoms with Gasteiger partial charge in [0.1, 0.15) is 6.20 Å². The fourth-order valence-electron chi connectivity index (χ4n) is 1.60. The van der Waals surface area contributed by atoms with Crippen LogP contribution in [0.5, 0.6) is 0 Å². The Morgan fingerprint density at radius 1 is 1.14 bits per heavy atom. The Kier molecular flexibility index (Phi) is 4.19. The molecule has 0 atom stereocenters. The molecule has 1 heterocycles. The summed E-state index contributed by atoms with van der Waals surface area (Å²) in [4.78, 5) is 37.1. The number of rotatable bonds is 3. The van der Waals surface area contributed by atoms with Gasteiger partial charge in [-0.05, 0) is 40.2 Å². The Bertz CT molecular complexity index is 793. The summed E-state index contributed by atoms with van der Waals surface area (Å²) in [7, 11) is 0. The fraction of sp³-hybridized carbons (Fsp3) is 0. The lowest BCUT2D eigenvalue weighted by molar-refractivity contribution is -0.389. The number of amides is 2. The molecule has 0 spiro atoms. The molecular formula is C14H8N4O4. The molecule has 1 aromatic heterocycles. The van der Waals surface area contributed by atoms with Crippen LogP contribution >= 0.6 is 0 Å². The van der Waals surface area contributed by atoms with Crippen LogP contribution in [-0.2, 0) is 0 Å². The van der Waals surface area contributed by atoms with Gasteiger partial charge < -0.3 is 10.1 Å². The average Bonchev–Trinajstić information content (AvgIpc) is 2.54. The number of carbonyl (C=O) groups is 2. The van der Waals surface area contributed by atoms with Gasteiger partial charge in [0.25, 0.3) is 11.8 Å². The number of carbonyl (C=O) groups excluding carboxylic acids is 2. The van der Waals surface area contributed by atoms with E-state index in [-0.39, 0.29) is 11.1 Å². The summed E-state index contributed by atoms with van der Waals surface area (Å²) in [6, 6.07) is 9.82. The molecule has 2 rings (SSSR count). The molecule has 1 N–H and O–H groups in total. The van der Waals surface area contributed by atoms with Crippen molar-refractivity contribution in [3.05, 3.63) is 69.4 Å². The Morgan fingerprint density at radius 2 is 1.77 bits per heavy atom. The highest BCUT2D eigenvalue weighted by molar-refractivity contribution is 6.10. The first kappa shape index (κ1) is 14.8. The van der Waals surface area contributed by atoms with Crippen molar-refractivity contribution < 1.29 is 14.5 Å². The van der Waals surface area contributed by atoms with E-state index in [1.165, 1.54) is 30.3 Å². The number of hydrogen-bond donors (Lipinski definition) is 1. The number of pyridine rings is 1. The van der Waals surface area contributed by atoms with Crippen molar-refractivity contribution in [3.8, 4) is 6.07 Å². The zero-order chi connectivity index (χ0) is 16.1. The van der Waals surface area contributed by atoms with Gasteiger partial charge in [0.2, 0.25) is 0 Å². The minimum Gasteiger partial charge on any atom is -0.358 e. The number of aromatic nitrogens is 1. The quantitative estimate of drug-likeness (QED) is 0.518. The second kappa shape index (κ2) is 6.23. The van der Waals surface area contributed by atoms with E-state index in [0.717, 1.165) is 12.3 Å². The predicted octanol–water partition coefficient (Wildman–Crippen LogP) is 1.43. The van der Waals surface area contributed by atoms with Crippen LogP contribution in [0, 0.1) is 21.4 Å². The number of nitrogens with zero attached hydrogens (tertiary/aromatic N) is 3. The van der Waals surface area contributed by atoms with E-state index in [2.05, 4.69) is 10.3 Å². The van der Waals surface area contributed by atoms with Crippen LogP contribution in [0.25, 0.3) is 0 Å². The second-order valence-electron chi connectivity index (χ2n) is 4.13. The van der Waals surface area contributed by atoms with E-state index in [9.17, 15) is 19.7 Å². The molecule has 0 bridgehead atoms. The number of nitro groups is 1. The molecule has 0 fully saturated rings. The van der Waals surface area contributed by atoms with Crippen molar-refractivity contribution in [2.75, 3.05) is 0 Å². The maximum atomic E-state index is 11.9. The number of imide groups is 1. The normalized spacial score (nSPS) is 9.59. The fourth-order valence-corrected chi connectivity index (χ4v) is 1.60. The van der Waals surface area contributed by atoms with E-state index in [1.807, 2.05) is 6.07 Å². The third-order valence-corrected chi connectivity index (χ3v) is 2.70. The first-order valence-corrected chi connectivity index (χ1v) is 5.97. The Hall–Kier alpha value is -3.60. The van der Waals surface area contributed by atoms with Crippen LogP contribution in [0.3, 0.4) is 0 Å². The summed E-state index contributed by atoms with van der Waals surface area (Å²) < 4.78 is 0. The molecule has 0 unspecified atom stereocenters. The van der Waals surface area contributed by atoms with Gasteiger partial charge in [-0.2, -0.15) is 5.26 Å². The third kappa shape index (κ3) is 3.29. The first-order valence-electron chi connectivity index (χ1n) is 5.97. The largest absolute Gasteiger partial charge is 0.364 e. The minimum atomic E-state index is -0.778. The van der Waals surface area contributed by atoms with Gasteiger partial charge in [-0.15, -0.1) is 0 Å². The highest BCUT2D eigenvalue weighted by atomic mass is 16.6. The lowest BCUT2D eigenvalue weighted by Crippen LogP contribution is -2.30.